The van der Waals surface area contributed by atoms with E-state index in [9.17, 15) is 8.42 Å². The van der Waals surface area contributed by atoms with E-state index in [0.717, 1.165) is 45.4 Å². The van der Waals surface area contributed by atoms with E-state index in [2.05, 4.69) is 4.90 Å². The van der Waals surface area contributed by atoms with Gasteiger partial charge in [0.1, 0.15) is 0 Å². The van der Waals surface area contributed by atoms with Crippen LogP contribution in [0.2, 0.25) is 0 Å². The Hall–Kier alpha value is -0.170. The van der Waals surface area contributed by atoms with Crippen LogP contribution in [0.5, 0.6) is 0 Å². The maximum atomic E-state index is 12.5. The number of likely N-dealkylation sites (tertiary alicyclic amines) is 1. The summed E-state index contributed by atoms with van der Waals surface area (Å²) in [5.41, 5.74) is 0. The van der Waals surface area contributed by atoms with Crippen molar-refractivity contribution in [3.63, 3.8) is 0 Å². The summed E-state index contributed by atoms with van der Waals surface area (Å²) in [5.74, 6) is 0.180. The van der Waals surface area contributed by atoms with Crippen molar-refractivity contribution in [2.45, 2.75) is 50.7 Å². The van der Waals surface area contributed by atoms with Crippen LogP contribution in [0.15, 0.2) is 0 Å². The van der Waals surface area contributed by atoms with E-state index < -0.39 is 10.0 Å². The van der Waals surface area contributed by atoms with E-state index in [1.54, 1.807) is 4.31 Å². The molecular formula is C14H26N2O3S. The van der Waals surface area contributed by atoms with Gasteiger partial charge in [0.05, 0.1) is 11.9 Å². The molecule has 3 rings (SSSR count). The van der Waals surface area contributed by atoms with Crippen molar-refractivity contribution in [3.05, 3.63) is 0 Å². The summed E-state index contributed by atoms with van der Waals surface area (Å²) >= 11 is 0. The number of nitrogens with zero attached hydrogens (tertiary/aromatic N) is 2. The topological polar surface area (TPSA) is 49.9 Å². The summed E-state index contributed by atoms with van der Waals surface area (Å²) in [6, 6.07) is 0.444. The minimum absolute atomic E-state index is 0.0837. The molecule has 0 amide bonds. The molecule has 5 nitrogen and oxygen atoms in total. The fourth-order valence-corrected chi connectivity index (χ4v) is 5.37. The second-order valence-electron chi connectivity index (χ2n) is 6.31. The normalized spacial score (nSPS) is 33.8. The van der Waals surface area contributed by atoms with Crippen LogP contribution in [0.3, 0.4) is 0 Å². The van der Waals surface area contributed by atoms with Crippen molar-refractivity contribution < 1.29 is 13.2 Å². The van der Waals surface area contributed by atoms with Crippen LogP contribution < -0.4 is 0 Å². The fraction of sp³-hybridized carbons (Fsp3) is 1.00. The van der Waals surface area contributed by atoms with Gasteiger partial charge in [0.25, 0.3) is 0 Å². The molecule has 0 saturated carbocycles. The summed E-state index contributed by atoms with van der Waals surface area (Å²) in [7, 11) is -3.14. The zero-order chi connectivity index (χ0) is 14.0. The second-order valence-corrected chi connectivity index (χ2v) is 8.32. The Labute approximate surface area is 122 Å². The maximum Gasteiger partial charge on any atom is 0.216 e. The lowest BCUT2D eigenvalue weighted by molar-refractivity contribution is 0.0299. The Kier molecular flexibility index (Phi) is 4.65. The highest BCUT2D eigenvalue weighted by Gasteiger charge is 2.36. The minimum Gasteiger partial charge on any atom is -0.377 e. The summed E-state index contributed by atoms with van der Waals surface area (Å²) in [5, 5.41) is 0. The molecule has 0 N–H and O–H groups in total. The molecule has 3 heterocycles. The monoisotopic (exact) mass is 302 g/mol. The fourth-order valence-electron chi connectivity index (χ4n) is 3.65. The largest absolute Gasteiger partial charge is 0.377 e. The van der Waals surface area contributed by atoms with Crippen LogP contribution in [0.25, 0.3) is 0 Å². The number of rotatable bonds is 4. The van der Waals surface area contributed by atoms with Gasteiger partial charge in [-0.2, -0.15) is 0 Å². The third-order valence-electron chi connectivity index (χ3n) is 4.85. The van der Waals surface area contributed by atoms with Gasteiger partial charge in [-0.25, -0.2) is 12.7 Å². The highest BCUT2D eigenvalue weighted by atomic mass is 32.2. The number of ether oxygens (including phenoxy) is 1. The van der Waals surface area contributed by atoms with Gasteiger partial charge in [-0.1, -0.05) is 0 Å². The summed E-state index contributed by atoms with van der Waals surface area (Å²) < 4.78 is 32.3. The first-order valence-electron chi connectivity index (χ1n) is 7.99. The van der Waals surface area contributed by atoms with Gasteiger partial charge in [-0.05, 0) is 51.6 Å². The van der Waals surface area contributed by atoms with Crippen molar-refractivity contribution >= 4 is 10.0 Å². The molecular weight excluding hydrogens is 276 g/mol. The minimum atomic E-state index is -3.14. The molecule has 3 fully saturated rings. The van der Waals surface area contributed by atoms with Gasteiger partial charge in [-0.15, -0.1) is 0 Å². The Morgan fingerprint density at radius 1 is 1.00 bits per heavy atom. The van der Waals surface area contributed by atoms with E-state index in [0.29, 0.717) is 19.1 Å². The molecule has 20 heavy (non-hydrogen) atoms. The molecule has 0 aromatic rings. The Balaban J connectivity index is 1.55. The second kappa shape index (κ2) is 6.30. The first-order valence-corrected chi connectivity index (χ1v) is 9.59. The Morgan fingerprint density at radius 3 is 2.50 bits per heavy atom. The highest BCUT2D eigenvalue weighted by Crippen LogP contribution is 2.24. The molecule has 0 unspecified atom stereocenters. The van der Waals surface area contributed by atoms with Crippen molar-refractivity contribution in [2.24, 2.45) is 0 Å². The highest BCUT2D eigenvalue weighted by molar-refractivity contribution is 7.89. The molecule has 2 atom stereocenters. The number of hydrogen-bond donors (Lipinski definition) is 0. The van der Waals surface area contributed by atoms with Crippen molar-refractivity contribution in [3.8, 4) is 0 Å². The third kappa shape index (κ3) is 3.35. The smallest absolute Gasteiger partial charge is 0.216 e. The number of hydrogen-bond acceptors (Lipinski definition) is 4. The van der Waals surface area contributed by atoms with E-state index in [1.165, 1.54) is 12.8 Å². The molecule has 0 aromatic heterocycles. The van der Waals surface area contributed by atoms with Gasteiger partial charge in [0.15, 0.2) is 0 Å². The van der Waals surface area contributed by atoms with Crippen molar-refractivity contribution in [1.82, 2.24) is 9.21 Å². The van der Waals surface area contributed by atoms with Crippen LogP contribution >= 0.6 is 0 Å². The van der Waals surface area contributed by atoms with Crippen LogP contribution in [0, 0.1) is 0 Å². The van der Waals surface area contributed by atoms with Crippen LogP contribution in [-0.2, 0) is 14.8 Å². The van der Waals surface area contributed by atoms with Crippen molar-refractivity contribution in [1.29, 1.82) is 0 Å². The summed E-state index contributed by atoms with van der Waals surface area (Å²) in [6.45, 7) is 4.39. The molecule has 0 radical (unpaired) electrons. The first-order chi connectivity index (χ1) is 9.65. The summed E-state index contributed by atoms with van der Waals surface area (Å²) in [4.78, 5) is 2.46. The van der Waals surface area contributed by atoms with Gasteiger partial charge in [0.2, 0.25) is 10.0 Å². The Bertz CT molecular complexity index is 414. The molecule has 0 aliphatic carbocycles. The van der Waals surface area contributed by atoms with Crippen LogP contribution in [0.4, 0.5) is 0 Å². The predicted octanol–water partition coefficient (Wildman–Crippen LogP) is 1.06. The molecule has 3 saturated heterocycles. The molecule has 6 heteroatoms. The van der Waals surface area contributed by atoms with Gasteiger partial charge < -0.3 is 4.74 Å². The van der Waals surface area contributed by atoms with E-state index in [1.807, 2.05) is 0 Å². The average molecular weight is 302 g/mol. The quantitative estimate of drug-likeness (QED) is 0.779. The molecule has 0 bridgehead atoms. The Morgan fingerprint density at radius 2 is 1.80 bits per heavy atom. The van der Waals surface area contributed by atoms with Gasteiger partial charge >= 0.3 is 0 Å². The molecule has 3 aliphatic heterocycles. The van der Waals surface area contributed by atoms with E-state index in [4.69, 9.17) is 4.74 Å². The molecule has 0 spiro atoms. The molecule has 0 aromatic carbocycles. The lowest BCUT2D eigenvalue weighted by Gasteiger charge is -2.26. The zero-order valence-corrected chi connectivity index (χ0v) is 13.0. The maximum absolute atomic E-state index is 12.5. The SMILES string of the molecule is O=S(=O)(C[C@@H]1CCCCO1)N1CC[C@H](N2CCCC2)C1. The summed E-state index contributed by atoms with van der Waals surface area (Å²) in [6.07, 6.45) is 6.49. The van der Waals surface area contributed by atoms with E-state index in [-0.39, 0.29) is 11.9 Å². The predicted molar refractivity (Wildman–Crippen MR) is 78.2 cm³/mol. The van der Waals surface area contributed by atoms with Gasteiger partial charge in [0, 0.05) is 25.7 Å². The molecule has 116 valence electrons. The van der Waals surface area contributed by atoms with Crippen LogP contribution in [0.1, 0.15) is 38.5 Å². The lowest BCUT2D eigenvalue weighted by atomic mass is 10.1. The standard InChI is InChI=1S/C14H26N2O3S/c17-20(18,12-14-5-1-4-10-19-14)16-9-6-13(11-16)15-7-2-3-8-15/h13-14H,1-12H2/t13-,14-/m0/s1. The van der Waals surface area contributed by atoms with Crippen LogP contribution in [-0.4, -0.2) is 68.3 Å². The lowest BCUT2D eigenvalue weighted by Crippen LogP contribution is -2.40. The molecule has 3 aliphatic rings. The average Bonchev–Trinajstić information content (AvgIpc) is 3.11. The van der Waals surface area contributed by atoms with E-state index >= 15 is 0 Å². The van der Waals surface area contributed by atoms with Gasteiger partial charge in [-0.3, -0.25) is 4.90 Å². The third-order valence-corrected chi connectivity index (χ3v) is 6.76. The number of sulfonamides is 1. The van der Waals surface area contributed by atoms with Crippen molar-refractivity contribution in [2.75, 3.05) is 38.5 Å². The zero-order valence-electron chi connectivity index (χ0n) is 12.2. The first kappa shape index (κ1) is 14.8.